The average molecular weight is 195 g/mol. The van der Waals surface area contributed by atoms with Crippen molar-refractivity contribution in [3.05, 3.63) is 23.2 Å². The van der Waals surface area contributed by atoms with Gasteiger partial charge in [0.1, 0.15) is 17.6 Å². The Labute approximate surface area is 82.0 Å². The zero-order valence-corrected chi connectivity index (χ0v) is 8.08. The van der Waals surface area contributed by atoms with Gasteiger partial charge in [-0.05, 0) is 12.8 Å². The molecule has 0 aliphatic heterocycles. The number of esters is 1. The van der Waals surface area contributed by atoms with Gasteiger partial charge in [0, 0.05) is 18.0 Å². The molecule has 1 aromatic rings. The molecule has 4 nitrogen and oxygen atoms in total. The molecule has 1 atom stereocenters. The summed E-state index contributed by atoms with van der Waals surface area (Å²) in [6.45, 7) is 0. The first-order chi connectivity index (χ1) is 6.74. The highest BCUT2D eigenvalue weighted by Gasteiger charge is 2.27. The van der Waals surface area contributed by atoms with Gasteiger partial charge >= 0.3 is 5.97 Å². The number of furan rings is 1. The number of nitrogens with two attached hydrogens (primary N) is 1. The van der Waals surface area contributed by atoms with Crippen LogP contribution >= 0.6 is 0 Å². The SMILES string of the molecule is COC(=O)c1coc2c1C(N)CCC2. The number of carbonyl (C=O) groups excluding carboxylic acids is 1. The summed E-state index contributed by atoms with van der Waals surface area (Å²) in [5.41, 5.74) is 7.23. The lowest BCUT2D eigenvalue weighted by Gasteiger charge is -2.17. The van der Waals surface area contributed by atoms with Crippen LogP contribution in [0.5, 0.6) is 0 Å². The van der Waals surface area contributed by atoms with Gasteiger partial charge in [-0.2, -0.15) is 0 Å². The molecule has 0 fully saturated rings. The summed E-state index contributed by atoms with van der Waals surface area (Å²) in [4.78, 5) is 11.4. The molecule has 0 saturated heterocycles. The number of fused-ring (bicyclic) bond motifs is 1. The summed E-state index contributed by atoms with van der Waals surface area (Å²) in [5, 5.41) is 0. The molecule has 1 heterocycles. The molecule has 76 valence electrons. The Kier molecular flexibility index (Phi) is 2.29. The quantitative estimate of drug-likeness (QED) is 0.688. The summed E-state index contributed by atoms with van der Waals surface area (Å²) in [7, 11) is 1.36. The molecule has 2 N–H and O–H groups in total. The van der Waals surface area contributed by atoms with E-state index in [0.717, 1.165) is 30.6 Å². The van der Waals surface area contributed by atoms with Crippen LogP contribution in [0.3, 0.4) is 0 Å². The van der Waals surface area contributed by atoms with Gasteiger partial charge in [0.2, 0.25) is 0 Å². The van der Waals surface area contributed by atoms with E-state index in [1.54, 1.807) is 0 Å². The highest BCUT2D eigenvalue weighted by molar-refractivity contribution is 5.91. The van der Waals surface area contributed by atoms with Crippen LogP contribution in [-0.4, -0.2) is 13.1 Å². The third-order valence-electron chi connectivity index (χ3n) is 2.60. The molecule has 4 heteroatoms. The maximum absolute atomic E-state index is 11.4. The first-order valence-electron chi connectivity index (χ1n) is 4.68. The van der Waals surface area contributed by atoms with Crippen LogP contribution < -0.4 is 5.73 Å². The molecule has 0 spiro atoms. The first-order valence-corrected chi connectivity index (χ1v) is 4.68. The zero-order valence-electron chi connectivity index (χ0n) is 8.08. The van der Waals surface area contributed by atoms with Crippen molar-refractivity contribution in [1.82, 2.24) is 0 Å². The second kappa shape index (κ2) is 3.46. The van der Waals surface area contributed by atoms with E-state index in [4.69, 9.17) is 10.2 Å². The molecule has 1 unspecified atom stereocenters. The van der Waals surface area contributed by atoms with Gasteiger partial charge in [-0.1, -0.05) is 0 Å². The second-order valence-electron chi connectivity index (χ2n) is 3.48. The maximum atomic E-state index is 11.4. The normalized spacial score (nSPS) is 20.3. The Balaban J connectivity index is 2.43. The van der Waals surface area contributed by atoms with Gasteiger partial charge in [0.15, 0.2) is 0 Å². The fourth-order valence-corrected chi connectivity index (χ4v) is 1.90. The molecule has 0 amide bonds. The van der Waals surface area contributed by atoms with Crippen molar-refractivity contribution < 1.29 is 13.9 Å². The van der Waals surface area contributed by atoms with E-state index in [1.807, 2.05) is 0 Å². The molecule has 14 heavy (non-hydrogen) atoms. The van der Waals surface area contributed by atoms with Gasteiger partial charge in [0.05, 0.1) is 7.11 Å². The molecule has 0 bridgehead atoms. The lowest BCUT2D eigenvalue weighted by Crippen LogP contribution is -2.19. The van der Waals surface area contributed by atoms with E-state index in [-0.39, 0.29) is 12.0 Å². The van der Waals surface area contributed by atoms with E-state index in [9.17, 15) is 4.79 Å². The largest absolute Gasteiger partial charge is 0.468 e. The van der Waals surface area contributed by atoms with Gasteiger partial charge in [-0.15, -0.1) is 0 Å². The monoisotopic (exact) mass is 195 g/mol. The molecule has 0 aromatic carbocycles. The zero-order chi connectivity index (χ0) is 10.1. The third-order valence-corrected chi connectivity index (χ3v) is 2.60. The number of hydrogen-bond acceptors (Lipinski definition) is 4. The summed E-state index contributed by atoms with van der Waals surface area (Å²) in [6.07, 6.45) is 4.22. The maximum Gasteiger partial charge on any atom is 0.341 e. The minimum absolute atomic E-state index is 0.0911. The van der Waals surface area contributed by atoms with Crippen LogP contribution in [0.1, 0.15) is 40.6 Å². The number of ether oxygens (including phenoxy) is 1. The predicted molar refractivity (Wildman–Crippen MR) is 49.9 cm³/mol. The number of carbonyl (C=O) groups is 1. The molecule has 2 rings (SSSR count). The van der Waals surface area contributed by atoms with Gasteiger partial charge < -0.3 is 14.9 Å². The van der Waals surface area contributed by atoms with Crippen LogP contribution in [0.25, 0.3) is 0 Å². The van der Waals surface area contributed by atoms with E-state index >= 15 is 0 Å². The molecular formula is C10H13NO3. The van der Waals surface area contributed by atoms with Crippen molar-refractivity contribution in [3.8, 4) is 0 Å². The lowest BCUT2D eigenvalue weighted by molar-refractivity contribution is 0.0598. The molecule has 0 saturated carbocycles. The topological polar surface area (TPSA) is 65.5 Å². The van der Waals surface area contributed by atoms with Crippen molar-refractivity contribution in [3.63, 3.8) is 0 Å². The average Bonchev–Trinajstić information content (AvgIpc) is 2.62. The predicted octanol–water partition coefficient (Wildman–Crippen LogP) is 1.40. The Hall–Kier alpha value is -1.29. The molecule has 1 aliphatic carbocycles. The molecule has 1 aromatic heterocycles. The van der Waals surface area contributed by atoms with Gasteiger partial charge in [0.25, 0.3) is 0 Å². The number of aryl methyl sites for hydroxylation is 1. The van der Waals surface area contributed by atoms with Crippen molar-refractivity contribution in [2.24, 2.45) is 5.73 Å². The van der Waals surface area contributed by atoms with E-state index < -0.39 is 0 Å². The summed E-state index contributed by atoms with van der Waals surface area (Å²) >= 11 is 0. The van der Waals surface area contributed by atoms with Gasteiger partial charge in [-0.3, -0.25) is 0 Å². The Morgan fingerprint density at radius 1 is 1.71 bits per heavy atom. The van der Waals surface area contributed by atoms with Crippen LogP contribution in [-0.2, 0) is 11.2 Å². The van der Waals surface area contributed by atoms with Crippen molar-refractivity contribution in [1.29, 1.82) is 0 Å². The standard InChI is InChI=1S/C10H13NO3/c1-13-10(12)6-5-14-8-4-2-3-7(11)9(6)8/h5,7H,2-4,11H2,1H3. The summed E-state index contributed by atoms with van der Waals surface area (Å²) in [5.74, 6) is 0.469. The molecule has 0 radical (unpaired) electrons. The Bertz CT molecular complexity index is 356. The smallest absolute Gasteiger partial charge is 0.341 e. The highest BCUT2D eigenvalue weighted by Crippen LogP contribution is 2.32. The number of hydrogen-bond donors (Lipinski definition) is 1. The van der Waals surface area contributed by atoms with Crippen molar-refractivity contribution in [2.45, 2.75) is 25.3 Å². The lowest BCUT2D eigenvalue weighted by atomic mass is 9.91. The summed E-state index contributed by atoms with van der Waals surface area (Å²) in [6, 6.07) is -0.0911. The molecule has 1 aliphatic rings. The fraction of sp³-hybridized carbons (Fsp3) is 0.500. The second-order valence-corrected chi connectivity index (χ2v) is 3.48. The fourth-order valence-electron chi connectivity index (χ4n) is 1.90. The van der Waals surface area contributed by atoms with E-state index in [1.165, 1.54) is 13.4 Å². The Morgan fingerprint density at radius 2 is 2.50 bits per heavy atom. The van der Waals surface area contributed by atoms with Gasteiger partial charge in [-0.25, -0.2) is 4.79 Å². The van der Waals surface area contributed by atoms with Crippen LogP contribution in [0.15, 0.2) is 10.7 Å². The van der Waals surface area contributed by atoms with E-state index in [2.05, 4.69) is 4.74 Å². The Morgan fingerprint density at radius 3 is 3.21 bits per heavy atom. The minimum atomic E-state index is -0.368. The number of rotatable bonds is 1. The minimum Gasteiger partial charge on any atom is -0.468 e. The number of methoxy groups -OCH3 is 1. The first kappa shape index (κ1) is 9.27. The van der Waals surface area contributed by atoms with Crippen molar-refractivity contribution in [2.75, 3.05) is 7.11 Å². The van der Waals surface area contributed by atoms with Crippen LogP contribution in [0.4, 0.5) is 0 Å². The van der Waals surface area contributed by atoms with Crippen molar-refractivity contribution >= 4 is 5.97 Å². The third kappa shape index (κ3) is 1.32. The molecular weight excluding hydrogens is 182 g/mol. The summed E-state index contributed by atoms with van der Waals surface area (Å²) < 4.78 is 9.95. The van der Waals surface area contributed by atoms with E-state index in [0.29, 0.717) is 5.56 Å². The van der Waals surface area contributed by atoms with Crippen LogP contribution in [0, 0.1) is 0 Å². The van der Waals surface area contributed by atoms with Crippen LogP contribution in [0.2, 0.25) is 0 Å². The highest BCUT2D eigenvalue weighted by atomic mass is 16.5.